The van der Waals surface area contributed by atoms with Gasteiger partial charge in [-0.15, -0.1) is 11.8 Å². The van der Waals surface area contributed by atoms with Crippen LogP contribution in [0.5, 0.6) is 11.5 Å². The number of hydrogen-bond acceptors (Lipinski definition) is 8. The second-order valence-corrected chi connectivity index (χ2v) is 9.52. The van der Waals surface area contributed by atoms with Crippen molar-refractivity contribution in [3.8, 4) is 11.5 Å². The number of carbonyl (C=O) groups is 3. The van der Waals surface area contributed by atoms with Crippen LogP contribution in [0.4, 0.5) is 5.69 Å². The van der Waals surface area contributed by atoms with Crippen molar-refractivity contribution in [2.45, 2.75) is 17.3 Å². The van der Waals surface area contributed by atoms with E-state index in [2.05, 4.69) is 15.3 Å². The zero-order chi connectivity index (χ0) is 27.4. The van der Waals surface area contributed by atoms with E-state index in [4.69, 9.17) is 9.47 Å². The Balaban J connectivity index is 1.28. The normalized spacial score (nSPS) is 12.3. The Morgan fingerprint density at radius 3 is 2.38 bits per heavy atom. The average molecular weight is 541 g/mol. The van der Waals surface area contributed by atoms with Gasteiger partial charge >= 0.3 is 0 Å². The maximum Gasteiger partial charge on any atom is 0.261 e. The van der Waals surface area contributed by atoms with Crippen LogP contribution < -0.4 is 14.8 Å². The van der Waals surface area contributed by atoms with Crippen LogP contribution in [-0.2, 0) is 12.3 Å². The summed E-state index contributed by atoms with van der Waals surface area (Å²) in [5, 5.41) is 3.44. The summed E-state index contributed by atoms with van der Waals surface area (Å²) in [6.07, 6.45) is 3.16. The highest BCUT2D eigenvalue weighted by molar-refractivity contribution is 7.98. The van der Waals surface area contributed by atoms with Gasteiger partial charge in [0, 0.05) is 35.5 Å². The van der Waals surface area contributed by atoms with Crippen LogP contribution in [-0.4, -0.2) is 46.8 Å². The van der Waals surface area contributed by atoms with Crippen molar-refractivity contribution >= 4 is 35.2 Å². The number of nitrogens with one attached hydrogen (secondary N) is 1. The number of nitrogens with zero attached hydrogens (tertiary/aromatic N) is 3. The maximum absolute atomic E-state index is 13.2. The van der Waals surface area contributed by atoms with Crippen LogP contribution in [0, 0.1) is 0 Å². The minimum Gasteiger partial charge on any atom is -0.497 e. The third kappa shape index (κ3) is 5.46. The van der Waals surface area contributed by atoms with Crippen LogP contribution >= 0.6 is 11.8 Å². The predicted octanol–water partition coefficient (Wildman–Crippen LogP) is 4.83. The molecule has 0 bridgehead atoms. The highest BCUT2D eigenvalue weighted by Gasteiger charge is 2.35. The quantitative estimate of drug-likeness (QED) is 0.237. The molecule has 2 aromatic heterocycles. The Morgan fingerprint density at radius 2 is 1.67 bits per heavy atom. The molecule has 0 saturated heterocycles. The minimum absolute atomic E-state index is 0.00620. The van der Waals surface area contributed by atoms with Crippen LogP contribution in [0.1, 0.15) is 42.3 Å². The number of benzene rings is 2. The first-order valence-electron chi connectivity index (χ1n) is 12.0. The first-order valence-corrected chi connectivity index (χ1v) is 13.0. The summed E-state index contributed by atoms with van der Waals surface area (Å²) in [7, 11) is 3.19. The third-order valence-electron chi connectivity index (χ3n) is 6.15. The highest BCUT2D eigenvalue weighted by atomic mass is 32.2. The van der Waals surface area contributed by atoms with E-state index in [9.17, 15) is 14.4 Å². The van der Waals surface area contributed by atoms with Crippen molar-refractivity contribution in [2.75, 3.05) is 19.5 Å². The van der Waals surface area contributed by atoms with E-state index in [1.165, 1.54) is 18.0 Å². The largest absolute Gasteiger partial charge is 0.497 e. The Kier molecular flexibility index (Phi) is 7.55. The van der Waals surface area contributed by atoms with Gasteiger partial charge in [-0.25, -0.2) is 4.98 Å². The number of ether oxygens (including phenoxy) is 2. The highest BCUT2D eigenvalue weighted by Crippen LogP contribution is 2.32. The number of thioether (sulfide) groups is 1. The van der Waals surface area contributed by atoms with E-state index >= 15 is 0 Å². The standard InChI is InChI=1S/C29H24N4O5S/c1-37-21-10-9-18(25(15-21)38-2)17-39-27-24(8-5-12-31-27)26(34)32-19-11-13-30-20(14-19)16-33-28(35)22-6-3-4-7-23(22)29(33)36/h3-15H,16-17H2,1-2H3,(H,30,32,34). The SMILES string of the molecule is COc1ccc(CSc2ncccc2C(=O)Nc2ccnc(CN3C(=O)c4ccccc4C3=O)c2)c(OC)c1. The van der Waals surface area contributed by atoms with Crippen molar-refractivity contribution in [1.82, 2.24) is 14.9 Å². The fourth-order valence-electron chi connectivity index (χ4n) is 4.18. The van der Waals surface area contributed by atoms with Crippen molar-refractivity contribution in [3.05, 3.63) is 107 Å². The summed E-state index contributed by atoms with van der Waals surface area (Å²) in [6.45, 7) is -0.00620. The minimum atomic E-state index is -0.364. The first-order chi connectivity index (χ1) is 19.0. The van der Waals surface area contributed by atoms with Crippen LogP contribution in [0.3, 0.4) is 0 Å². The van der Waals surface area contributed by atoms with E-state index in [-0.39, 0.29) is 24.3 Å². The molecule has 5 rings (SSSR count). The fourth-order valence-corrected chi connectivity index (χ4v) is 5.16. The van der Waals surface area contributed by atoms with Crippen molar-refractivity contribution < 1.29 is 23.9 Å². The molecule has 1 N–H and O–H groups in total. The molecule has 1 aliphatic heterocycles. The number of fused-ring (bicyclic) bond motifs is 1. The monoisotopic (exact) mass is 540 g/mol. The van der Waals surface area contributed by atoms with E-state index in [0.717, 1.165) is 10.5 Å². The Labute approximate surface area is 229 Å². The number of aromatic nitrogens is 2. The third-order valence-corrected chi connectivity index (χ3v) is 7.20. The van der Waals surface area contributed by atoms with E-state index in [1.807, 2.05) is 18.2 Å². The molecular formula is C29H24N4O5S. The molecule has 0 unspecified atom stereocenters. The Hall–Kier alpha value is -4.70. The van der Waals surface area contributed by atoms with E-state index < -0.39 is 0 Å². The van der Waals surface area contributed by atoms with Crippen molar-refractivity contribution in [3.63, 3.8) is 0 Å². The molecule has 0 spiro atoms. The summed E-state index contributed by atoms with van der Waals surface area (Å²) in [5.74, 6) is 0.841. The zero-order valence-electron chi connectivity index (χ0n) is 21.2. The summed E-state index contributed by atoms with van der Waals surface area (Å²) < 4.78 is 10.7. The average Bonchev–Trinajstić information content (AvgIpc) is 3.21. The summed E-state index contributed by atoms with van der Waals surface area (Å²) >= 11 is 1.41. The lowest BCUT2D eigenvalue weighted by molar-refractivity contribution is 0.0640. The lowest BCUT2D eigenvalue weighted by Crippen LogP contribution is -2.29. The number of anilines is 1. The molecule has 0 atom stereocenters. The fraction of sp³-hybridized carbons (Fsp3) is 0.138. The molecule has 3 amide bonds. The number of rotatable bonds is 9. The van der Waals surface area contributed by atoms with Gasteiger partial charge < -0.3 is 14.8 Å². The number of amides is 3. The van der Waals surface area contributed by atoms with Crippen molar-refractivity contribution in [2.24, 2.45) is 0 Å². The molecule has 196 valence electrons. The van der Waals surface area contributed by atoms with E-state index in [0.29, 0.717) is 50.3 Å². The van der Waals surface area contributed by atoms with Gasteiger partial charge in [-0.05, 0) is 42.5 Å². The number of pyridine rings is 2. The molecule has 0 aliphatic carbocycles. The van der Waals surface area contributed by atoms with Crippen molar-refractivity contribution in [1.29, 1.82) is 0 Å². The Bertz CT molecular complexity index is 1540. The van der Waals surface area contributed by atoms with E-state index in [1.54, 1.807) is 68.9 Å². The molecule has 3 heterocycles. The Morgan fingerprint density at radius 1 is 0.897 bits per heavy atom. The second-order valence-electron chi connectivity index (χ2n) is 8.55. The van der Waals surface area contributed by atoms with Gasteiger partial charge in [-0.1, -0.05) is 18.2 Å². The van der Waals surface area contributed by atoms with Gasteiger partial charge in [0.2, 0.25) is 0 Å². The zero-order valence-corrected chi connectivity index (χ0v) is 22.0. The molecule has 1 aliphatic rings. The molecule has 4 aromatic rings. The summed E-state index contributed by atoms with van der Waals surface area (Å²) in [4.78, 5) is 48.5. The van der Waals surface area contributed by atoms with Gasteiger partial charge in [0.1, 0.15) is 16.5 Å². The topological polar surface area (TPSA) is 111 Å². The molecule has 0 radical (unpaired) electrons. The summed E-state index contributed by atoms with van der Waals surface area (Å²) in [5.41, 5.74) is 3.05. The molecule has 9 nitrogen and oxygen atoms in total. The van der Waals surface area contributed by atoms with Gasteiger partial charge in [0.25, 0.3) is 17.7 Å². The molecule has 10 heteroatoms. The molecule has 39 heavy (non-hydrogen) atoms. The van der Waals surface area contributed by atoms with Crippen LogP contribution in [0.2, 0.25) is 0 Å². The van der Waals surface area contributed by atoms with Gasteiger partial charge in [-0.2, -0.15) is 0 Å². The smallest absolute Gasteiger partial charge is 0.261 e. The second kappa shape index (κ2) is 11.4. The van der Waals surface area contributed by atoms with Crippen LogP contribution in [0.25, 0.3) is 0 Å². The number of carbonyl (C=O) groups excluding carboxylic acids is 3. The molecule has 0 saturated carbocycles. The van der Waals surface area contributed by atoms with Gasteiger partial charge in [0.15, 0.2) is 0 Å². The maximum atomic E-state index is 13.2. The van der Waals surface area contributed by atoms with Gasteiger partial charge in [0.05, 0.1) is 43.1 Å². The summed E-state index contributed by atoms with van der Waals surface area (Å²) in [6, 6.07) is 19.0. The molecular weight excluding hydrogens is 516 g/mol. The molecule has 2 aromatic carbocycles. The number of imide groups is 1. The lowest BCUT2D eigenvalue weighted by atomic mass is 10.1. The van der Waals surface area contributed by atoms with Crippen LogP contribution in [0.15, 0.2) is 84.1 Å². The number of methoxy groups -OCH3 is 2. The van der Waals surface area contributed by atoms with Gasteiger partial charge in [-0.3, -0.25) is 24.3 Å². The predicted molar refractivity (Wildman–Crippen MR) is 146 cm³/mol. The lowest BCUT2D eigenvalue weighted by Gasteiger charge is -2.14. The molecule has 0 fully saturated rings. The number of hydrogen-bond donors (Lipinski definition) is 1. The first kappa shape index (κ1) is 25.9.